The van der Waals surface area contributed by atoms with Crippen LogP contribution in [0.15, 0.2) is 48.8 Å². The maximum atomic E-state index is 12.4. The number of carbonyl (C=O) groups excluding carboxylic acids is 1. The Morgan fingerprint density at radius 3 is 2.21 bits per heavy atom. The minimum absolute atomic E-state index is 0.250. The summed E-state index contributed by atoms with van der Waals surface area (Å²) in [6.45, 7) is 0.893. The maximum absolute atomic E-state index is 12.4. The summed E-state index contributed by atoms with van der Waals surface area (Å²) in [4.78, 5) is 12.4. The summed E-state index contributed by atoms with van der Waals surface area (Å²) in [7, 11) is 4.52. The lowest BCUT2D eigenvalue weighted by molar-refractivity contribution is 0.0954. The molecule has 9 nitrogen and oxygen atoms in total. The van der Waals surface area contributed by atoms with E-state index in [1.165, 1.54) is 21.3 Å². The van der Waals surface area contributed by atoms with Crippen LogP contribution in [0.25, 0.3) is 5.82 Å². The highest BCUT2D eigenvalue weighted by atomic mass is 16.5. The Bertz CT molecular complexity index is 917. The molecule has 0 unspecified atom stereocenters. The van der Waals surface area contributed by atoms with Crippen LogP contribution in [-0.2, 0) is 0 Å². The zero-order chi connectivity index (χ0) is 20.6. The predicted molar refractivity (Wildman–Crippen MR) is 108 cm³/mol. The van der Waals surface area contributed by atoms with Gasteiger partial charge in [-0.25, -0.2) is 0 Å². The Hall–Kier alpha value is -3.75. The molecule has 152 valence electrons. The standard InChI is InChI=1S/C20H23N5O4/c1-27-15-12-14(13-16(28-2)19(15)29-3)20(26)22-9-8-21-17-6-7-18(24-23-17)25-10-4-5-11-25/h4-7,10-13H,8-9H2,1-3H3,(H,21,23)(H,22,26). The fraction of sp³-hybridized carbons (Fsp3) is 0.250. The van der Waals surface area contributed by atoms with Crippen molar-refractivity contribution in [2.75, 3.05) is 39.7 Å². The lowest BCUT2D eigenvalue weighted by Crippen LogP contribution is -2.29. The molecular formula is C20H23N5O4. The summed E-state index contributed by atoms with van der Waals surface area (Å²) in [5, 5.41) is 14.3. The van der Waals surface area contributed by atoms with Gasteiger partial charge in [-0.1, -0.05) is 0 Å². The molecule has 0 spiro atoms. The van der Waals surface area contributed by atoms with Gasteiger partial charge in [0.15, 0.2) is 17.3 Å². The summed E-state index contributed by atoms with van der Waals surface area (Å²) >= 11 is 0. The highest BCUT2D eigenvalue weighted by Crippen LogP contribution is 2.38. The molecule has 1 aromatic carbocycles. The molecule has 0 fully saturated rings. The van der Waals surface area contributed by atoms with Crippen LogP contribution >= 0.6 is 0 Å². The zero-order valence-corrected chi connectivity index (χ0v) is 16.5. The molecule has 0 saturated carbocycles. The third-order valence-electron chi connectivity index (χ3n) is 4.16. The van der Waals surface area contributed by atoms with Crippen molar-refractivity contribution in [2.24, 2.45) is 0 Å². The quantitative estimate of drug-likeness (QED) is 0.534. The molecule has 0 radical (unpaired) electrons. The Morgan fingerprint density at radius 2 is 1.66 bits per heavy atom. The molecule has 2 N–H and O–H groups in total. The molecule has 3 aromatic rings. The van der Waals surface area contributed by atoms with Gasteiger partial charge in [-0.15, -0.1) is 10.2 Å². The molecule has 0 bridgehead atoms. The SMILES string of the molecule is COc1cc(C(=O)NCCNc2ccc(-n3cccc3)nn2)cc(OC)c1OC. The first-order valence-electron chi connectivity index (χ1n) is 8.95. The summed E-state index contributed by atoms with van der Waals surface area (Å²) in [6.07, 6.45) is 3.80. The topological polar surface area (TPSA) is 99.5 Å². The summed E-state index contributed by atoms with van der Waals surface area (Å²) in [5.74, 6) is 2.40. The number of nitrogens with zero attached hydrogens (tertiary/aromatic N) is 3. The Labute approximate surface area is 168 Å². The molecule has 9 heteroatoms. The van der Waals surface area contributed by atoms with E-state index in [4.69, 9.17) is 14.2 Å². The third kappa shape index (κ3) is 4.75. The average molecular weight is 397 g/mol. The number of benzene rings is 1. The van der Waals surface area contributed by atoms with Crippen LogP contribution in [0, 0.1) is 0 Å². The van der Waals surface area contributed by atoms with Gasteiger partial charge in [0.05, 0.1) is 21.3 Å². The molecule has 0 aliphatic rings. The second kappa shape index (κ2) is 9.45. The molecule has 0 aliphatic heterocycles. The number of methoxy groups -OCH3 is 3. The van der Waals surface area contributed by atoms with Gasteiger partial charge < -0.3 is 29.4 Å². The monoisotopic (exact) mass is 397 g/mol. The number of nitrogens with one attached hydrogen (secondary N) is 2. The maximum Gasteiger partial charge on any atom is 0.251 e. The molecule has 2 heterocycles. The minimum atomic E-state index is -0.250. The van der Waals surface area contributed by atoms with Gasteiger partial charge in [-0.05, 0) is 36.4 Å². The number of hydrogen-bond donors (Lipinski definition) is 2. The number of anilines is 1. The fourth-order valence-corrected chi connectivity index (χ4v) is 2.73. The molecule has 0 atom stereocenters. The van der Waals surface area contributed by atoms with Crippen molar-refractivity contribution in [2.45, 2.75) is 0 Å². The van der Waals surface area contributed by atoms with Crippen LogP contribution < -0.4 is 24.8 Å². The zero-order valence-electron chi connectivity index (χ0n) is 16.5. The lowest BCUT2D eigenvalue weighted by atomic mass is 10.1. The molecule has 0 aliphatic carbocycles. The second-order valence-corrected chi connectivity index (χ2v) is 5.96. The van der Waals surface area contributed by atoms with E-state index in [1.807, 2.05) is 41.2 Å². The van der Waals surface area contributed by atoms with Gasteiger partial charge in [0.1, 0.15) is 5.82 Å². The predicted octanol–water partition coefficient (Wildman–Crippen LogP) is 2.13. The average Bonchev–Trinajstić information content (AvgIpc) is 3.30. The first-order valence-corrected chi connectivity index (χ1v) is 8.95. The first kappa shape index (κ1) is 20.0. The van der Waals surface area contributed by atoms with Crippen molar-refractivity contribution in [3.05, 3.63) is 54.4 Å². The highest BCUT2D eigenvalue weighted by molar-refractivity contribution is 5.95. The number of rotatable bonds is 9. The molecule has 0 saturated heterocycles. The molecule has 3 rings (SSSR count). The highest BCUT2D eigenvalue weighted by Gasteiger charge is 2.16. The van der Waals surface area contributed by atoms with Crippen molar-refractivity contribution >= 4 is 11.7 Å². The van der Waals surface area contributed by atoms with E-state index in [0.29, 0.717) is 41.7 Å². The van der Waals surface area contributed by atoms with E-state index in [2.05, 4.69) is 20.8 Å². The number of amides is 1. The van der Waals surface area contributed by atoms with Crippen molar-refractivity contribution in [3.8, 4) is 23.1 Å². The van der Waals surface area contributed by atoms with Crippen molar-refractivity contribution in [1.29, 1.82) is 0 Å². The van der Waals surface area contributed by atoms with Crippen LogP contribution in [0.5, 0.6) is 17.2 Å². The van der Waals surface area contributed by atoms with E-state index in [0.717, 1.165) is 5.82 Å². The van der Waals surface area contributed by atoms with Crippen molar-refractivity contribution < 1.29 is 19.0 Å². The molecule has 1 amide bonds. The third-order valence-corrected chi connectivity index (χ3v) is 4.16. The summed E-state index contributed by atoms with van der Waals surface area (Å²) < 4.78 is 17.7. The smallest absolute Gasteiger partial charge is 0.251 e. The Kier molecular flexibility index (Phi) is 6.51. The van der Waals surface area contributed by atoms with Gasteiger partial charge in [0, 0.05) is 31.0 Å². The van der Waals surface area contributed by atoms with Crippen molar-refractivity contribution in [3.63, 3.8) is 0 Å². The second-order valence-electron chi connectivity index (χ2n) is 5.96. The molecular weight excluding hydrogens is 374 g/mol. The summed E-state index contributed by atoms with van der Waals surface area (Å²) in [6, 6.07) is 10.8. The Morgan fingerprint density at radius 1 is 0.966 bits per heavy atom. The van der Waals surface area contributed by atoms with E-state index >= 15 is 0 Å². The Balaban J connectivity index is 1.53. The summed E-state index contributed by atoms with van der Waals surface area (Å²) in [5.41, 5.74) is 0.412. The molecule has 2 aromatic heterocycles. The van der Waals surface area contributed by atoms with Crippen LogP contribution in [0.2, 0.25) is 0 Å². The van der Waals surface area contributed by atoms with Crippen LogP contribution in [0.3, 0.4) is 0 Å². The van der Waals surface area contributed by atoms with Gasteiger partial charge in [-0.3, -0.25) is 4.79 Å². The van der Waals surface area contributed by atoms with E-state index < -0.39 is 0 Å². The van der Waals surface area contributed by atoms with Gasteiger partial charge >= 0.3 is 0 Å². The van der Waals surface area contributed by atoms with Gasteiger partial charge in [-0.2, -0.15) is 0 Å². The number of aromatic nitrogens is 3. The van der Waals surface area contributed by atoms with E-state index in [-0.39, 0.29) is 5.91 Å². The number of ether oxygens (including phenoxy) is 3. The first-order chi connectivity index (χ1) is 14.2. The number of hydrogen-bond acceptors (Lipinski definition) is 7. The lowest BCUT2D eigenvalue weighted by Gasteiger charge is -2.14. The number of carbonyl (C=O) groups is 1. The fourth-order valence-electron chi connectivity index (χ4n) is 2.73. The minimum Gasteiger partial charge on any atom is -0.493 e. The van der Waals surface area contributed by atoms with Crippen molar-refractivity contribution in [1.82, 2.24) is 20.1 Å². The van der Waals surface area contributed by atoms with E-state index in [9.17, 15) is 4.79 Å². The van der Waals surface area contributed by atoms with Gasteiger partial charge in [0.2, 0.25) is 5.75 Å². The van der Waals surface area contributed by atoms with Crippen LogP contribution in [0.4, 0.5) is 5.82 Å². The van der Waals surface area contributed by atoms with E-state index in [1.54, 1.807) is 12.1 Å². The molecule has 29 heavy (non-hydrogen) atoms. The normalized spacial score (nSPS) is 10.3. The van der Waals surface area contributed by atoms with Crippen LogP contribution in [0.1, 0.15) is 10.4 Å². The van der Waals surface area contributed by atoms with Gasteiger partial charge in [0.25, 0.3) is 5.91 Å². The largest absolute Gasteiger partial charge is 0.493 e. The van der Waals surface area contributed by atoms with Crippen LogP contribution in [-0.4, -0.2) is 55.1 Å².